The van der Waals surface area contributed by atoms with E-state index in [0.29, 0.717) is 37.2 Å². The van der Waals surface area contributed by atoms with Crippen LogP contribution in [0, 0.1) is 0 Å². The summed E-state index contributed by atoms with van der Waals surface area (Å²) in [4.78, 5) is 4.43. The SMILES string of the molecule is CCNC(=NCC(C)Oc1ccc(Cl)cc1)NCCNS(C)(=O)=O.I. The lowest BCUT2D eigenvalue weighted by molar-refractivity contribution is 0.230. The number of rotatable bonds is 9. The molecule has 10 heteroatoms. The van der Waals surface area contributed by atoms with Gasteiger partial charge in [-0.3, -0.25) is 0 Å². The second-order valence-corrected chi connectivity index (χ2v) is 7.46. The molecule has 0 aromatic heterocycles. The fourth-order valence-electron chi connectivity index (χ4n) is 1.76. The van der Waals surface area contributed by atoms with E-state index in [4.69, 9.17) is 16.3 Å². The van der Waals surface area contributed by atoms with Crippen LogP contribution in [0.4, 0.5) is 0 Å². The highest BCUT2D eigenvalue weighted by atomic mass is 127. The Bertz CT molecular complexity index is 626. The van der Waals surface area contributed by atoms with Crippen LogP contribution in [0.5, 0.6) is 5.75 Å². The van der Waals surface area contributed by atoms with E-state index in [2.05, 4.69) is 20.3 Å². The molecule has 144 valence electrons. The standard InChI is InChI=1S/C15H25ClN4O3S.HI/c1-4-17-15(18-9-10-20-24(3,21)22)19-11-12(2)23-14-7-5-13(16)6-8-14;/h5-8,12,20H,4,9-11H2,1-3H3,(H2,17,18,19);1H. The molecule has 1 aromatic carbocycles. The van der Waals surface area contributed by atoms with Crippen LogP contribution in [0.1, 0.15) is 13.8 Å². The lowest BCUT2D eigenvalue weighted by Gasteiger charge is -2.15. The number of ether oxygens (including phenoxy) is 1. The van der Waals surface area contributed by atoms with Crippen molar-refractivity contribution in [1.82, 2.24) is 15.4 Å². The molecule has 0 aliphatic heterocycles. The summed E-state index contributed by atoms with van der Waals surface area (Å²) in [5.74, 6) is 1.34. The minimum Gasteiger partial charge on any atom is -0.489 e. The summed E-state index contributed by atoms with van der Waals surface area (Å²) in [6, 6.07) is 7.16. The second-order valence-electron chi connectivity index (χ2n) is 5.20. The van der Waals surface area contributed by atoms with E-state index in [-0.39, 0.29) is 30.1 Å². The van der Waals surface area contributed by atoms with Crippen molar-refractivity contribution < 1.29 is 13.2 Å². The first kappa shape index (κ1) is 24.2. The third kappa shape index (κ3) is 12.2. The highest BCUT2D eigenvalue weighted by Gasteiger charge is 2.05. The maximum Gasteiger partial charge on any atom is 0.208 e. The largest absolute Gasteiger partial charge is 0.489 e. The van der Waals surface area contributed by atoms with E-state index in [1.807, 2.05) is 26.0 Å². The summed E-state index contributed by atoms with van der Waals surface area (Å²) in [6.07, 6.45) is 1.01. The first-order chi connectivity index (χ1) is 11.3. The Morgan fingerprint density at radius 1 is 1.24 bits per heavy atom. The fourth-order valence-corrected chi connectivity index (χ4v) is 2.36. The maximum absolute atomic E-state index is 11.0. The van der Waals surface area contributed by atoms with Gasteiger partial charge in [-0.1, -0.05) is 11.6 Å². The van der Waals surface area contributed by atoms with E-state index in [9.17, 15) is 8.42 Å². The number of sulfonamides is 1. The van der Waals surface area contributed by atoms with Crippen molar-refractivity contribution in [1.29, 1.82) is 0 Å². The summed E-state index contributed by atoms with van der Waals surface area (Å²) < 4.78 is 30.2. The van der Waals surface area contributed by atoms with Crippen molar-refractivity contribution in [2.75, 3.05) is 32.4 Å². The van der Waals surface area contributed by atoms with Gasteiger partial charge < -0.3 is 15.4 Å². The summed E-state index contributed by atoms with van der Waals surface area (Å²) in [6.45, 7) is 5.77. The zero-order chi connectivity index (χ0) is 18.0. The number of hydrogen-bond donors (Lipinski definition) is 3. The van der Waals surface area contributed by atoms with Gasteiger partial charge in [0.05, 0.1) is 12.8 Å². The van der Waals surface area contributed by atoms with Crippen LogP contribution in [0.15, 0.2) is 29.3 Å². The van der Waals surface area contributed by atoms with Crippen LogP contribution < -0.4 is 20.1 Å². The van der Waals surface area contributed by atoms with Crippen LogP contribution in [-0.2, 0) is 10.0 Å². The number of nitrogens with one attached hydrogen (secondary N) is 3. The maximum atomic E-state index is 11.0. The minimum absolute atomic E-state index is 0. The van der Waals surface area contributed by atoms with Gasteiger partial charge in [-0.25, -0.2) is 18.1 Å². The molecule has 1 rings (SSSR count). The first-order valence-electron chi connectivity index (χ1n) is 7.69. The molecular weight excluding hydrogens is 479 g/mol. The van der Waals surface area contributed by atoms with Gasteiger partial charge in [0.15, 0.2) is 5.96 Å². The highest BCUT2D eigenvalue weighted by molar-refractivity contribution is 14.0. The molecule has 25 heavy (non-hydrogen) atoms. The lowest BCUT2D eigenvalue weighted by atomic mass is 10.3. The van der Waals surface area contributed by atoms with Gasteiger partial charge in [0, 0.05) is 24.7 Å². The summed E-state index contributed by atoms with van der Waals surface area (Å²) >= 11 is 5.84. The molecule has 0 saturated carbocycles. The third-order valence-electron chi connectivity index (χ3n) is 2.78. The van der Waals surface area contributed by atoms with E-state index < -0.39 is 10.0 Å². The van der Waals surface area contributed by atoms with Crippen LogP contribution >= 0.6 is 35.6 Å². The monoisotopic (exact) mass is 504 g/mol. The first-order valence-corrected chi connectivity index (χ1v) is 9.96. The van der Waals surface area contributed by atoms with Gasteiger partial charge in [-0.2, -0.15) is 0 Å². The summed E-state index contributed by atoms with van der Waals surface area (Å²) in [7, 11) is -3.18. The molecule has 1 aromatic rings. The number of guanidine groups is 1. The van der Waals surface area contributed by atoms with E-state index in [0.717, 1.165) is 12.0 Å². The molecule has 7 nitrogen and oxygen atoms in total. The van der Waals surface area contributed by atoms with Crippen LogP contribution in [0.2, 0.25) is 5.02 Å². The Morgan fingerprint density at radius 3 is 2.44 bits per heavy atom. The molecule has 0 amide bonds. The molecule has 1 unspecified atom stereocenters. The Hall–Kier alpha value is -0.780. The van der Waals surface area contributed by atoms with Crippen molar-refractivity contribution in [3.05, 3.63) is 29.3 Å². The second kappa shape index (κ2) is 12.6. The molecule has 1 atom stereocenters. The minimum atomic E-state index is -3.18. The van der Waals surface area contributed by atoms with E-state index in [1.54, 1.807) is 12.1 Å². The average molecular weight is 505 g/mol. The van der Waals surface area contributed by atoms with Gasteiger partial charge in [0.1, 0.15) is 11.9 Å². The molecule has 0 radical (unpaired) electrons. The molecule has 0 aliphatic rings. The molecule has 0 saturated heterocycles. The van der Waals surface area contributed by atoms with Crippen LogP contribution in [0.3, 0.4) is 0 Å². The fraction of sp³-hybridized carbons (Fsp3) is 0.533. The molecule has 0 heterocycles. The number of hydrogen-bond acceptors (Lipinski definition) is 4. The zero-order valence-electron chi connectivity index (χ0n) is 14.6. The lowest BCUT2D eigenvalue weighted by Crippen LogP contribution is -2.41. The predicted octanol–water partition coefficient (Wildman–Crippen LogP) is 1.83. The van der Waals surface area contributed by atoms with Gasteiger partial charge in [0.2, 0.25) is 10.0 Å². The normalized spacial score (nSPS) is 12.9. The van der Waals surface area contributed by atoms with E-state index in [1.165, 1.54) is 0 Å². The molecule has 0 aliphatic carbocycles. The number of benzene rings is 1. The van der Waals surface area contributed by atoms with Crippen molar-refractivity contribution in [2.45, 2.75) is 20.0 Å². The Balaban J connectivity index is 0.00000576. The summed E-state index contributed by atoms with van der Waals surface area (Å²) in [5, 5.41) is 6.82. The van der Waals surface area contributed by atoms with Gasteiger partial charge in [-0.05, 0) is 38.1 Å². The molecule has 0 spiro atoms. The quantitative estimate of drug-likeness (QED) is 0.207. The topological polar surface area (TPSA) is 91.8 Å². The summed E-state index contributed by atoms with van der Waals surface area (Å²) in [5.41, 5.74) is 0. The smallest absolute Gasteiger partial charge is 0.208 e. The van der Waals surface area contributed by atoms with Gasteiger partial charge in [0.25, 0.3) is 0 Å². The van der Waals surface area contributed by atoms with Crippen molar-refractivity contribution in [3.63, 3.8) is 0 Å². The number of halogens is 2. The van der Waals surface area contributed by atoms with Gasteiger partial charge >= 0.3 is 0 Å². The van der Waals surface area contributed by atoms with Crippen molar-refractivity contribution in [2.24, 2.45) is 4.99 Å². The Labute approximate surface area is 172 Å². The molecule has 0 bridgehead atoms. The molecular formula is C15H26ClIN4O3S. The average Bonchev–Trinajstić information content (AvgIpc) is 2.50. The number of nitrogens with zero attached hydrogens (tertiary/aromatic N) is 1. The Kier molecular flexibility index (Phi) is 12.2. The predicted molar refractivity (Wildman–Crippen MR) is 114 cm³/mol. The third-order valence-corrected chi connectivity index (χ3v) is 3.76. The van der Waals surface area contributed by atoms with Gasteiger partial charge in [-0.15, -0.1) is 24.0 Å². The number of aliphatic imine (C=N–C) groups is 1. The van der Waals surface area contributed by atoms with E-state index >= 15 is 0 Å². The zero-order valence-corrected chi connectivity index (χ0v) is 18.5. The van der Waals surface area contributed by atoms with Crippen LogP contribution in [-0.4, -0.2) is 52.9 Å². The highest BCUT2D eigenvalue weighted by Crippen LogP contribution is 2.16. The molecule has 0 fully saturated rings. The Morgan fingerprint density at radius 2 is 1.88 bits per heavy atom. The van der Waals surface area contributed by atoms with Crippen molar-refractivity contribution >= 4 is 51.6 Å². The van der Waals surface area contributed by atoms with Crippen molar-refractivity contribution in [3.8, 4) is 5.75 Å². The van der Waals surface area contributed by atoms with Crippen LogP contribution in [0.25, 0.3) is 0 Å². The molecule has 3 N–H and O–H groups in total.